The SMILES string of the molecule is CCc1nn(C)c(CC(=O)c2ccc(C)c(Cl)c2)c1Br. The summed E-state index contributed by atoms with van der Waals surface area (Å²) in [6, 6.07) is 5.41. The van der Waals surface area contributed by atoms with E-state index in [1.54, 1.807) is 10.7 Å². The van der Waals surface area contributed by atoms with Gasteiger partial charge in [-0.3, -0.25) is 9.48 Å². The topological polar surface area (TPSA) is 34.9 Å². The van der Waals surface area contributed by atoms with Crippen LogP contribution in [0.3, 0.4) is 0 Å². The van der Waals surface area contributed by atoms with Gasteiger partial charge in [0, 0.05) is 17.6 Å². The summed E-state index contributed by atoms with van der Waals surface area (Å²) >= 11 is 9.60. The first kappa shape index (κ1) is 15.3. The standard InChI is InChI=1S/C15H16BrClN2O/c1-4-12-15(16)13(19(3)18-12)8-14(20)10-6-5-9(2)11(17)7-10/h5-7H,4,8H2,1-3H3. The second-order valence-electron chi connectivity index (χ2n) is 4.75. The van der Waals surface area contributed by atoms with Crippen molar-refractivity contribution in [2.45, 2.75) is 26.7 Å². The summed E-state index contributed by atoms with van der Waals surface area (Å²) in [5.41, 5.74) is 3.46. The Labute approximate surface area is 132 Å². The summed E-state index contributed by atoms with van der Waals surface area (Å²) in [4.78, 5) is 12.4. The summed E-state index contributed by atoms with van der Waals surface area (Å²) in [5.74, 6) is 0.0400. The predicted molar refractivity (Wildman–Crippen MR) is 84.5 cm³/mol. The number of ketones is 1. The van der Waals surface area contributed by atoms with Crippen LogP contribution in [0.1, 0.15) is 34.2 Å². The molecule has 5 heteroatoms. The molecule has 0 atom stereocenters. The van der Waals surface area contributed by atoms with Crippen molar-refractivity contribution < 1.29 is 4.79 Å². The van der Waals surface area contributed by atoms with Gasteiger partial charge in [-0.25, -0.2) is 0 Å². The van der Waals surface area contributed by atoms with E-state index in [0.717, 1.165) is 27.8 Å². The van der Waals surface area contributed by atoms with Gasteiger partial charge in [0.25, 0.3) is 0 Å². The molecule has 0 spiro atoms. The number of carbonyl (C=O) groups is 1. The van der Waals surface area contributed by atoms with Crippen molar-refractivity contribution in [1.82, 2.24) is 9.78 Å². The molecule has 1 heterocycles. The highest BCUT2D eigenvalue weighted by atomic mass is 79.9. The minimum absolute atomic E-state index is 0.0400. The number of aryl methyl sites for hydroxylation is 3. The van der Waals surface area contributed by atoms with Crippen molar-refractivity contribution >= 4 is 33.3 Å². The normalized spacial score (nSPS) is 10.8. The predicted octanol–water partition coefficient (Wildman–Crippen LogP) is 4.13. The molecule has 0 aliphatic carbocycles. The van der Waals surface area contributed by atoms with Gasteiger partial charge in [0.15, 0.2) is 5.78 Å². The number of hydrogen-bond donors (Lipinski definition) is 0. The molecule has 0 amide bonds. The van der Waals surface area contributed by atoms with Crippen molar-refractivity contribution in [2.75, 3.05) is 0 Å². The van der Waals surface area contributed by atoms with Crippen LogP contribution >= 0.6 is 27.5 Å². The van der Waals surface area contributed by atoms with Crippen molar-refractivity contribution in [3.05, 3.63) is 50.2 Å². The van der Waals surface area contributed by atoms with Crippen LogP contribution in [0.4, 0.5) is 0 Å². The zero-order valence-electron chi connectivity index (χ0n) is 11.7. The third-order valence-corrected chi connectivity index (χ3v) is 4.65. The minimum atomic E-state index is 0.0400. The molecule has 0 N–H and O–H groups in total. The van der Waals surface area contributed by atoms with Gasteiger partial charge in [0.05, 0.1) is 22.3 Å². The zero-order valence-corrected chi connectivity index (χ0v) is 14.0. The van der Waals surface area contributed by atoms with Gasteiger partial charge < -0.3 is 0 Å². The van der Waals surface area contributed by atoms with E-state index in [2.05, 4.69) is 21.0 Å². The smallest absolute Gasteiger partial charge is 0.168 e. The quantitative estimate of drug-likeness (QED) is 0.773. The Bertz CT molecular complexity index is 664. The summed E-state index contributed by atoms with van der Waals surface area (Å²) < 4.78 is 2.69. The molecule has 0 saturated carbocycles. The van der Waals surface area contributed by atoms with Crippen LogP contribution in [0, 0.1) is 6.92 Å². The fraction of sp³-hybridized carbons (Fsp3) is 0.333. The van der Waals surface area contributed by atoms with E-state index in [1.807, 2.05) is 33.0 Å². The average molecular weight is 356 g/mol. The lowest BCUT2D eigenvalue weighted by Gasteiger charge is -2.05. The number of nitrogens with zero attached hydrogens (tertiary/aromatic N) is 2. The van der Waals surface area contributed by atoms with E-state index in [9.17, 15) is 4.79 Å². The number of Topliss-reactive ketones (excluding diaryl/α,β-unsaturated/α-hetero) is 1. The van der Waals surface area contributed by atoms with Gasteiger partial charge in [0.2, 0.25) is 0 Å². The average Bonchev–Trinajstić information content (AvgIpc) is 2.69. The Morgan fingerprint density at radius 1 is 1.45 bits per heavy atom. The van der Waals surface area contributed by atoms with E-state index in [-0.39, 0.29) is 5.78 Å². The summed E-state index contributed by atoms with van der Waals surface area (Å²) in [6.07, 6.45) is 1.14. The van der Waals surface area contributed by atoms with Crippen molar-refractivity contribution in [3.63, 3.8) is 0 Å². The molecule has 0 fully saturated rings. The Morgan fingerprint density at radius 2 is 2.15 bits per heavy atom. The molecule has 2 aromatic rings. The maximum atomic E-state index is 12.4. The lowest BCUT2D eigenvalue weighted by molar-refractivity contribution is 0.0990. The third-order valence-electron chi connectivity index (χ3n) is 3.32. The number of rotatable bonds is 4. The fourth-order valence-corrected chi connectivity index (χ4v) is 2.97. The maximum Gasteiger partial charge on any atom is 0.168 e. The van der Waals surface area contributed by atoms with E-state index >= 15 is 0 Å². The Balaban J connectivity index is 2.28. The van der Waals surface area contributed by atoms with E-state index < -0.39 is 0 Å². The Morgan fingerprint density at radius 3 is 2.70 bits per heavy atom. The number of hydrogen-bond acceptors (Lipinski definition) is 2. The molecule has 0 saturated heterocycles. The van der Waals surface area contributed by atoms with E-state index in [0.29, 0.717) is 17.0 Å². The van der Waals surface area contributed by atoms with Crippen LogP contribution in [-0.2, 0) is 19.9 Å². The first-order valence-electron chi connectivity index (χ1n) is 6.43. The Kier molecular flexibility index (Phi) is 4.66. The molecule has 2 rings (SSSR count). The first-order valence-corrected chi connectivity index (χ1v) is 7.60. The molecule has 20 heavy (non-hydrogen) atoms. The highest BCUT2D eigenvalue weighted by Gasteiger charge is 2.17. The highest BCUT2D eigenvalue weighted by molar-refractivity contribution is 9.10. The molecule has 0 aliphatic heterocycles. The minimum Gasteiger partial charge on any atom is -0.294 e. The highest BCUT2D eigenvalue weighted by Crippen LogP contribution is 2.24. The molecule has 1 aromatic carbocycles. The van der Waals surface area contributed by atoms with Gasteiger partial charge in [0.1, 0.15) is 0 Å². The molecular formula is C15H16BrClN2O. The number of halogens is 2. The number of carbonyl (C=O) groups excluding carboxylic acids is 1. The fourth-order valence-electron chi connectivity index (χ4n) is 2.03. The van der Waals surface area contributed by atoms with Crippen LogP contribution in [-0.4, -0.2) is 15.6 Å². The summed E-state index contributed by atoms with van der Waals surface area (Å²) in [5, 5.41) is 5.02. The van der Waals surface area contributed by atoms with Gasteiger partial charge in [-0.05, 0) is 40.9 Å². The second kappa shape index (κ2) is 6.10. The summed E-state index contributed by atoms with van der Waals surface area (Å²) in [6.45, 7) is 3.96. The number of benzene rings is 1. The molecule has 3 nitrogen and oxygen atoms in total. The third kappa shape index (κ3) is 2.96. The Hall–Kier alpha value is -1.13. The van der Waals surface area contributed by atoms with Crippen molar-refractivity contribution in [3.8, 4) is 0 Å². The van der Waals surface area contributed by atoms with Gasteiger partial charge in [-0.1, -0.05) is 30.7 Å². The molecule has 0 bridgehead atoms. The molecule has 0 unspecified atom stereocenters. The van der Waals surface area contributed by atoms with Gasteiger partial charge in [-0.15, -0.1) is 0 Å². The van der Waals surface area contributed by atoms with Gasteiger partial charge in [-0.2, -0.15) is 5.10 Å². The van der Waals surface area contributed by atoms with Crippen LogP contribution in [0.5, 0.6) is 0 Å². The maximum absolute atomic E-state index is 12.4. The summed E-state index contributed by atoms with van der Waals surface area (Å²) in [7, 11) is 1.86. The van der Waals surface area contributed by atoms with Crippen molar-refractivity contribution in [2.24, 2.45) is 7.05 Å². The van der Waals surface area contributed by atoms with E-state index in [4.69, 9.17) is 11.6 Å². The second-order valence-corrected chi connectivity index (χ2v) is 5.95. The largest absolute Gasteiger partial charge is 0.294 e. The molecule has 1 aromatic heterocycles. The first-order chi connectivity index (χ1) is 9.43. The molecular weight excluding hydrogens is 340 g/mol. The lowest BCUT2D eigenvalue weighted by Crippen LogP contribution is -2.08. The van der Waals surface area contributed by atoms with Crippen LogP contribution in [0.25, 0.3) is 0 Å². The van der Waals surface area contributed by atoms with Crippen LogP contribution in [0.2, 0.25) is 5.02 Å². The molecule has 0 aliphatic rings. The zero-order chi connectivity index (χ0) is 14.9. The van der Waals surface area contributed by atoms with E-state index in [1.165, 1.54) is 0 Å². The van der Waals surface area contributed by atoms with Crippen molar-refractivity contribution in [1.29, 1.82) is 0 Å². The molecule has 0 radical (unpaired) electrons. The lowest BCUT2D eigenvalue weighted by atomic mass is 10.0. The number of aromatic nitrogens is 2. The molecule has 106 valence electrons. The van der Waals surface area contributed by atoms with Crippen LogP contribution < -0.4 is 0 Å². The monoisotopic (exact) mass is 354 g/mol. The van der Waals surface area contributed by atoms with Gasteiger partial charge >= 0.3 is 0 Å². The van der Waals surface area contributed by atoms with Crippen LogP contribution in [0.15, 0.2) is 22.7 Å².